The van der Waals surface area contributed by atoms with Gasteiger partial charge in [0.15, 0.2) is 0 Å². The number of nitro groups is 1. The number of aromatic nitrogens is 4. The summed E-state index contributed by atoms with van der Waals surface area (Å²) in [6.45, 7) is 4.53. The Morgan fingerprint density at radius 3 is 2.46 bits per heavy atom. The largest absolute Gasteiger partial charge is 0.337 e. The lowest BCUT2D eigenvalue weighted by Gasteiger charge is -2.27. The Hall–Kier alpha value is -3.24. The number of amides is 2. The molecule has 0 spiro atoms. The Morgan fingerprint density at radius 1 is 1.18 bits per heavy atom. The van der Waals surface area contributed by atoms with Gasteiger partial charge >= 0.3 is 5.69 Å². The Balaban J connectivity index is 1.82. The molecule has 1 saturated heterocycles. The van der Waals surface area contributed by atoms with Crippen molar-refractivity contribution in [2.75, 3.05) is 18.4 Å². The van der Waals surface area contributed by atoms with Crippen LogP contribution in [0.15, 0.2) is 18.6 Å². The van der Waals surface area contributed by atoms with E-state index < -0.39 is 16.4 Å². The highest BCUT2D eigenvalue weighted by molar-refractivity contribution is 6.04. The average molecular weight is 389 g/mol. The molecule has 0 radical (unpaired) electrons. The van der Waals surface area contributed by atoms with Crippen LogP contribution < -0.4 is 5.32 Å². The van der Waals surface area contributed by atoms with E-state index in [-0.39, 0.29) is 11.6 Å². The average Bonchev–Trinajstić information content (AvgIpc) is 3.30. The van der Waals surface area contributed by atoms with Crippen LogP contribution in [0.25, 0.3) is 0 Å². The van der Waals surface area contributed by atoms with Crippen molar-refractivity contribution in [3.8, 4) is 0 Å². The summed E-state index contributed by atoms with van der Waals surface area (Å²) in [6.07, 6.45) is 6.72. The van der Waals surface area contributed by atoms with Gasteiger partial charge in [0.05, 0.1) is 16.8 Å². The van der Waals surface area contributed by atoms with Gasteiger partial charge in [0.1, 0.15) is 23.6 Å². The molecule has 0 aromatic carbocycles. The van der Waals surface area contributed by atoms with E-state index >= 15 is 0 Å². The number of anilines is 1. The summed E-state index contributed by atoms with van der Waals surface area (Å²) in [5.74, 6) is -0.645. The molecule has 0 aliphatic carbocycles. The number of piperidine rings is 1. The quantitative estimate of drug-likeness (QED) is 0.610. The second kappa shape index (κ2) is 7.41. The first-order valence-corrected chi connectivity index (χ1v) is 9.04. The monoisotopic (exact) mass is 389 g/mol. The predicted molar refractivity (Wildman–Crippen MR) is 99.8 cm³/mol. The summed E-state index contributed by atoms with van der Waals surface area (Å²) >= 11 is 0. The van der Waals surface area contributed by atoms with Gasteiger partial charge in [-0.05, 0) is 33.1 Å². The molecule has 1 N–H and O–H groups in total. The minimum atomic E-state index is -1.21. The molecule has 0 saturated carbocycles. The molecule has 11 nitrogen and oxygen atoms in total. The van der Waals surface area contributed by atoms with E-state index in [9.17, 15) is 19.7 Å². The molecule has 2 aromatic heterocycles. The maximum Gasteiger partial charge on any atom is 0.307 e. The van der Waals surface area contributed by atoms with Crippen molar-refractivity contribution in [2.24, 2.45) is 7.05 Å². The Labute approximate surface area is 161 Å². The van der Waals surface area contributed by atoms with Crippen LogP contribution in [-0.4, -0.2) is 54.3 Å². The zero-order valence-electron chi connectivity index (χ0n) is 16.1. The summed E-state index contributed by atoms with van der Waals surface area (Å²) in [4.78, 5) is 37.8. The van der Waals surface area contributed by atoms with Crippen LogP contribution in [0.3, 0.4) is 0 Å². The molecule has 2 amide bonds. The Morgan fingerprint density at radius 2 is 1.86 bits per heavy atom. The lowest BCUT2D eigenvalue weighted by atomic mass is 10.0. The third kappa shape index (κ3) is 3.59. The molecule has 28 heavy (non-hydrogen) atoms. The van der Waals surface area contributed by atoms with Gasteiger partial charge in [0.2, 0.25) is 0 Å². The Kier molecular flexibility index (Phi) is 5.16. The van der Waals surface area contributed by atoms with E-state index in [1.165, 1.54) is 21.8 Å². The summed E-state index contributed by atoms with van der Waals surface area (Å²) in [6, 6.07) is 0. The van der Waals surface area contributed by atoms with Gasteiger partial charge in [-0.3, -0.25) is 29.1 Å². The van der Waals surface area contributed by atoms with Crippen molar-refractivity contribution < 1.29 is 14.5 Å². The lowest BCUT2D eigenvalue weighted by Crippen LogP contribution is -2.41. The van der Waals surface area contributed by atoms with Crippen molar-refractivity contribution >= 4 is 23.2 Å². The van der Waals surface area contributed by atoms with Crippen molar-refractivity contribution in [3.05, 3.63) is 34.4 Å². The van der Waals surface area contributed by atoms with Crippen molar-refractivity contribution in [1.82, 2.24) is 24.5 Å². The molecule has 3 heterocycles. The molecule has 1 fully saturated rings. The lowest BCUT2D eigenvalue weighted by molar-refractivity contribution is -0.385. The van der Waals surface area contributed by atoms with Gasteiger partial charge in [-0.2, -0.15) is 10.2 Å². The Bertz CT molecular complexity index is 909. The van der Waals surface area contributed by atoms with Crippen LogP contribution in [0.2, 0.25) is 0 Å². The number of hydrogen-bond acceptors (Lipinski definition) is 6. The predicted octanol–water partition coefficient (Wildman–Crippen LogP) is 1.52. The molecule has 3 rings (SSSR count). The number of carbonyl (C=O) groups excluding carboxylic acids is 2. The molecule has 150 valence electrons. The molecule has 2 aromatic rings. The van der Waals surface area contributed by atoms with Crippen LogP contribution in [0.1, 0.15) is 43.6 Å². The van der Waals surface area contributed by atoms with Gasteiger partial charge in [-0.1, -0.05) is 0 Å². The number of nitrogens with one attached hydrogen (secondary N) is 1. The summed E-state index contributed by atoms with van der Waals surface area (Å²) in [7, 11) is 1.65. The smallest absolute Gasteiger partial charge is 0.307 e. The second-order valence-corrected chi connectivity index (χ2v) is 7.30. The van der Waals surface area contributed by atoms with Crippen LogP contribution >= 0.6 is 0 Å². The number of likely N-dealkylation sites (tertiary alicyclic amines) is 1. The molecule has 1 aliphatic heterocycles. The standard InChI is InChI=1S/C17H23N7O4/c1-17(2,23-11-12(9-19-23)24(27)28)16(26)20-13-10-18-21(3)14(13)15(25)22-7-5-4-6-8-22/h9-11H,4-8H2,1-3H3,(H,20,26). The van der Waals surface area contributed by atoms with E-state index in [2.05, 4.69) is 15.5 Å². The molecule has 0 atom stereocenters. The van der Waals surface area contributed by atoms with E-state index in [4.69, 9.17) is 0 Å². The van der Waals surface area contributed by atoms with Gasteiger partial charge in [-0.15, -0.1) is 0 Å². The first-order valence-electron chi connectivity index (χ1n) is 9.04. The zero-order valence-corrected chi connectivity index (χ0v) is 16.1. The highest BCUT2D eigenvalue weighted by Gasteiger charge is 2.34. The maximum atomic E-state index is 12.9. The fourth-order valence-corrected chi connectivity index (χ4v) is 3.12. The SMILES string of the molecule is Cn1ncc(NC(=O)C(C)(C)n2cc([N+](=O)[O-])cn2)c1C(=O)N1CCCCC1. The third-order valence-corrected chi connectivity index (χ3v) is 4.94. The van der Waals surface area contributed by atoms with Crippen LogP contribution in [0, 0.1) is 10.1 Å². The molecule has 11 heteroatoms. The van der Waals surface area contributed by atoms with E-state index in [1.807, 2.05) is 0 Å². The van der Waals surface area contributed by atoms with Gasteiger partial charge < -0.3 is 10.2 Å². The fraction of sp³-hybridized carbons (Fsp3) is 0.529. The highest BCUT2D eigenvalue weighted by Crippen LogP contribution is 2.24. The van der Waals surface area contributed by atoms with E-state index in [0.717, 1.165) is 25.5 Å². The van der Waals surface area contributed by atoms with Crippen LogP contribution in [-0.2, 0) is 17.4 Å². The topological polar surface area (TPSA) is 128 Å². The summed E-state index contributed by atoms with van der Waals surface area (Å²) in [5, 5.41) is 21.6. The van der Waals surface area contributed by atoms with Crippen LogP contribution in [0.5, 0.6) is 0 Å². The molecule has 1 aliphatic rings. The third-order valence-electron chi connectivity index (χ3n) is 4.94. The number of nitrogens with zero attached hydrogens (tertiary/aromatic N) is 6. The van der Waals surface area contributed by atoms with Crippen molar-refractivity contribution in [3.63, 3.8) is 0 Å². The van der Waals surface area contributed by atoms with E-state index in [1.54, 1.807) is 25.8 Å². The summed E-state index contributed by atoms with van der Waals surface area (Å²) < 4.78 is 2.67. The molecular formula is C17H23N7O4. The maximum absolute atomic E-state index is 12.9. The number of rotatable bonds is 5. The van der Waals surface area contributed by atoms with E-state index in [0.29, 0.717) is 24.5 Å². The van der Waals surface area contributed by atoms with Crippen molar-refractivity contribution in [1.29, 1.82) is 0 Å². The van der Waals surface area contributed by atoms with Gasteiger partial charge in [0, 0.05) is 20.1 Å². The van der Waals surface area contributed by atoms with Crippen LogP contribution in [0.4, 0.5) is 11.4 Å². The second-order valence-electron chi connectivity index (χ2n) is 7.30. The van der Waals surface area contributed by atoms with Crippen molar-refractivity contribution in [2.45, 2.75) is 38.6 Å². The summed E-state index contributed by atoms with van der Waals surface area (Å²) in [5.41, 5.74) is -0.811. The molecular weight excluding hydrogens is 366 g/mol. The number of carbonyl (C=O) groups is 2. The van der Waals surface area contributed by atoms with Gasteiger partial charge in [0.25, 0.3) is 11.8 Å². The number of aryl methyl sites for hydroxylation is 1. The molecule has 0 unspecified atom stereocenters. The van der Waals surface area contributed by atoms with Gasteiger partial charge in [-0.25, -0.2) is 0 Å². The zero-order chi connectivity index (χ0) is 20.5. The normalized spacial score (nSPS) is 14.8. The number of hydrogen-bond donors (Lipinski definition) is 1. The first kappa shape index (κ1) is 19.5. The first-order chi connectivity index (χ1) is 13.2. The molecule has 0 bridgehead atoms. The minimum Gasteiger partial charge on any atom is -0.337 e. The minimum absolute atomic E-state index is 0.178. The highest BCUT2D eigenvalue weighted by atomic mass is 16.6. The fourth-order valence-electron chi connectivity index (χ4n) is 3.12.